The maximum atomic E-state index is 12.4. The fourth-order valence-corrected chi connectivity index (χ4v) is 2.83. The Morgan fingerprint density at radius 3 is 3.08 bits per heavy atom. The summed E-state index contributed by atoms with van der Waals surface area (Å²) in [5.41, 5.74) is 6.88. The van der Waals surface area contributed by atoms with Gasteiger partial charge in [0.05, 0.1) is 18.4 Å². The number of carbonyl (C=O) groups is 1. The van der Waals surface area contributed by atoms with Crippen molar-refractivity contribution in [2.24, 2.45) is 0 Å². The number of nitrogens with zero attached hydrogens (tertiary/aromatic N) is 6. The van der Waals surface area contributed by atoms with E-state index in [9.17, 15) is 4.79 Å². The van der Waals surface area contributed by atoms with Crippen LogP contribution < -0.4 is 11.1 Å². The lowest BCUT2D eigenvalue weighted by Crippen LogP contribution is -2.27. The molecular weight excluding hydrogens is 324 g/mol. The van der Waals surface area contributed by atoms with Crippen molar-refractivity contribution in [1.29, 1.82) is 0 Å². The molecule has 0 saturated heterocycles. The second-order valence-electron chi connectivity index (χ2n) is 5.70. The smallest absolute Gasteiger partial charge is 0.274 e. The number of nitrogen functional groups attached to an aromatic ring is 1. The first-order chi connectivity index (χ1) is 12.1. The zero-order chi connectivity index (χ0) is 17.4. The number of anilines is 1. The molecule has 3 aromatic rings. The molecule has 4 heterocycles. The molecule has 4 rings (SSSR count). The van der Waals surface area contributed by atoms with Crippen molar-refractivity contribution in [3.63, 3.8) is 0 Å². The van der Waals surface area contributed by atoms with Crippen LogP contribution in [-0.2, 0) is 19.5 Å². The second-order valence-corrected chi connectivity index (χ2v) is 5.70. The highest BCUT2D eigenvalue weighted by Crippen LogP contribution is 2.21. The maximum Gasteiger partial charge on any atom is 0.274 e. The average molecular weight is 340 g/mol. The van der Waals surface area contributed by atoms with E-state index in [0.29, 0.717) is 17.3 Å². The standard InChI is InChI=1S/C15H16N8O2/c1-8-11(15-17-4-6-25-15)20-13(16)12(19-8)14(24)18-7-10-22-21-9-3-2-5-23(9)10/h4,6H,2-3,5,7H2,1H3,(H2,16,20)(H,18,24). The summed E-state index contributed by atoms with van der Waals surface area (Å²) < 4.78 is 7.23. The van der Waals surface area contributed by atoms with E-state index >= 15 is 0 Å². The van der Waals surface area contributed by atoms with Gasteiger partial charge >= 0.3 is 0 Å². The molecule has 0 aliphatic carbocycles. The number of nitrogens with one attached hydrogen (secondary N) is 1. The first-order valence-corrected chi connectivity index (χ1v) is 7.86. The van der Waals surface area contributed by atoms with Gasteiger partial charge in [-0.2, -0.15) is 0 Å². The van der Waals surface area contributed by atoms with Gasteiger partial charge in [-0.15, -0.1) is 10.2 Å². The quantitative estimate of drug-likeness (QED) is 0.700. The van der Waals surface area contributed by atoms with Gasteiger partial charge in [0, 0.05) is 13.0 Å². The Hall–Kier alpha value is -3.30. The third-order valence-electron chi connectivity index (χ3n) is 4.04. The molecule has 1 amide bonds. The molecule has 3 aromatic heterocycles. The highest BCUT2D eigenvalue weighted by Gasteiger charge is 2.21. The molecule has 0 saturated carbocycles. The molecule has 10 heteroatoms. The molecule has 0 spiro atoms. The number of hydrogen-bond acceptors (Lipinski definition) is 8. The van der Waals surface area contributed by atoms with Crippen LogP contribution in [0.2, 0.25) is 0 Å². The summed E-state index contributed by atoms with van der Waals surface area (Å²) >= 11 is 0. The number of amides is 1. The molecule has 10 nitrogen and oxygen atoms in total. The van der Waals surface area contributed by atoms with Crippen LogP contribution in [0, 0.1) is 6.92 Å². The maximum absolute atomic E-state index is 12.4. The van der Waals surface area contributed by atoms with E-state index in [-0.39, 0.29) is 18.1 Å². The van der Waals surface area contributed by atoms with Crippen LogP contribution in [-0.4, -0.2) is 35.6 Å². The largest absolute Gasteiger partial charge is 0.443 e. The Labute approximate surface area is 142 Å². The van der Waals surface area contributed by atoms with Gasteiger partial charge in [-0.3, -0.25) is 4.79 Å². The number of nitrogens with two attached hydrogens (primary N) is 1. The monoisotopic (exact) mass is 340 g/mol. The molecule has 0 radical (unpaired) electrons. The van der Waals surface area contributed by atoms with Gasteiger partial charge in [0.15, 0.2) is 17.3 Å². The molecule has 0 fully saturated rings. The molecule has 0 atom stereocenters. The number of carbonyl (C=O) groups excluding carboxylic acids is 1. The van der Waals surface area contributed by atoms with Crippen LogP contribution in [0.3, 0.4) is 0 Å². The van der Waals surface area contributed by atoms with Crippen LogP contribution in [0.25, 0.3) is 11.6 Å². The molecule has 3 N–H and O–H groups in total. The van der Waals surface area contributed by atoms with E-state index in [0.717, 1.165) is 31.0 Å². The molecule has 128 valence electrons. The highest BCUT2D eigenvalue weighted by atomic mass is 16.3. The van der Waals surface area contributed by atoms with Gasteiger partial charge in [0.2, 0.25) is 5.89 Å². The van der Waals surface area contributed by atoms with E-state index in [1.165, 1.54) is 12.5 Å². The Morgan fingerprint density at radius 2 is 2.28 bits per heavy atom. The third-order valence-corrected chi connectivity index (χ3v) is 4.04. The van der Waals surface area contributed by atoms with E-state index in [2.05, 4.69) is 30.5 Å². The van der Waals surface area contributed by atoms with Crippen molar-refractivity contribution in [2.75, 3.05) is 5.73 Å². The van der Waals surface area contributed by atoms with Crippen molar-refractivity contribution < 1.29 is 9.21 Å². The van der Waals surface area contributed by atoms with Crippen molar-refractivity contribution >= 4 is 11.7 Å². The van der Waals surface area contributed by atoms with E-state index in [1.807, 2.05) is 4.57 Å². The summed E-state index contributed by atoms with van der Waals surface area (Å²) in [6.07, 6.45) is 4.90. The number of hydrogen-bond donors (Lipinski definition) is 2. The lowest BCUT2D eigenvalue weighted by atomic mass is 10.2. The SMILES string of the molecule is Cc1nc(C(=O)NCc2nnc3n2CCC3)c(N)nc1-c1ncco1. The second kappa shape index (κ2) is 5.96. The summed E-state index contributed by atoms with van der Waals surface area (Å²) in [6.45, 7) is 2.85. The molecule has 0 bridgehead atoms. The Morgan fingerprint density at radius 1 is 1.40 bits per heavy atom. The predicted molar refractivity (Wildman–Crippen MR) is 86.2 cm³/mol. The third kappa shape index (κ3) is 2.71. The van der Waals surface area contributed by atoms with Crippen LogP contribution in [0.15, 0.2) is 16.9 Å². The van der Waals surface area contributed by atoms with Gasteiger partial charge in [-0.1, -0.05) is 0 Å². The Bertz CT molecular complexity index is 931. The van der Waals surface area contributed by atoms with Crippen molar-refractivity contribution in [3.05, 3.63) is 35.5 Å². The first-order valence-electron chi connectivity index (χ1n) is 7.86. The molecule has 1 aliphatic rings. The van der Waals surface area contributed by atoms with Gasteiger partial charge in [0.1, 0.15) is 17.8 Å². The van der Waals surface area contributed by atoms with E-state index in [4.69, 9.17) is 10.2 Å². The molecule has 25 heavy (non-hydrogen) atoms. The predicted octanol–water partition coefficient (Wildman–Crippen LogP) is 0.490. The molecule has 1 aliphatic heterocycles. The van der Waals surface area contributed by atoms with Gasteiger partial charge in [-0.25, -0.2) is 15.0 Å². The minimum absolute atomic E-state index is 0.0165. The highest BCUT2D eigenvalue weighted by molar-refractivity contribution is 5.96. The van der Waals surface area contributed by atoms with Crippen molar-refractivity contribution in [1.82, 2.24) is 35.0 Å². The van der Waals surface area contributed by atoms with Gasteiger partial charge in [-0.05, 0) is 13.3 Å². The zero-order valence-electron chi connectivity index (χ0n) is 13.6. The minimum Gasteiger partial charge on any atom is -0.443 e. The lowest BCUT2D eigenvalue weighted by Gasteiger charge is -2.09. The molecule has 0 aromatic carbocycles. The van der Waals surface area contributed by atoms with E-state index < -0.39 is 5.91 Å². The number of fused-ring (bicyclic) bond motifs is 1. The summed E-state index contributed by atoms with van der Waals surface area (Å²) in [4.78, 5) is 24.9. The topological polar surface area (TPSA) is 138 Å². The van der Waals surface area contributed by atoms with Crippen LogP contribution in [0.5, 0.6) is 0 Å². The first kappa shape index (κ1) is 15.2. The fraction of sp³-hybridized carbons (Fsp3) is 0.333. The van der Waals surface area contributed by atoms with Crippen LogP contribution >= 0.6 is 0 Å². The minimum atomic E-state index is -0.414. The van der Waals surface area contributed by atoms with Gasteiger partial charge in [0.25, 0.3) is 5.91 Å². The summed E-state index contributed by atoms with van der Waals surface area (Å²) in [6, 6.07) is 0. The fourth-order valence-electron chi connectivity index (χ4n) is 2.83. The van der Waals surface area contributed by atoms with Crippen LogP contribution in [0.4, 0.5) is 5.82 Å². The summed E-state index contributed by atoms with van der Waals surface area (Å²) in [5.74, 6) is 1.59. The van der Waals surface area contributed by atoms with Crippen molar-refractivity contribution in [2.45, 2.75) is 32.9 Å². The zero-order valence-corrected chi connectivity index (χ0v) is 13.6. The molecule has 0 unspecified atom stereocenters. The van der Waals surface area contributed by atoms with Gasteiger partial charge < -0.3 is 20.0 Å². The molecular formula is C15H16N8O2. The lowest BCUT2D eigenvalue weighted by molar-refractivity contribution is 0.0945. The number of rotatable bonds is 4. The summed E-state index contributed by atoms with van der Waals surface area (Å²) in [5, 5.41) is 11.0. The number of aromatic nitrogens is 6. The normalized spacial score (nSPS) is 13.0. The average Bonchev–Trinajstić information content (AvgIpc) is 3.32. The summed E-state index contributed by atoms with van der Waals surface area (Å²) in [7, 11) is 0. The van der Waals surface area contributed by atoms with Crippen LogP contribution in [0.1, 0.15) is 34.3 Å². The Kier molecular flexibility index (Phi) is 3.64. The van der Waals surface area contributed by atoms with Crippen molar-refractivity contribution in [3.8, 4) is 11.6 Å². The number of aryl methyl sites for hydroxylation is 2. The van der Waals surface area contributed by atoms with E-state index in [1.54, 1.807) is 6.92 Å². The number of oxazole rings is 1. The Balaban J connectivity index is 1.53.